The van der Waals surface area contributed by atoms with Crippen LogP contribution >= 0.6 is 0 Å². The van der Waals surface area contributed by atoms with E-state index >= 15 is 0 Å². The molecule has 1 fully saturated rings. The lowest BCUT2D eigenvalue weighted by Gasteiger charge is -2.42. The van der Waals surface area contributed by atoms with E-state index in [-0.39, 0.29) is 10.8 Å². The van der Waals surface area contributed by atoms with Gasteiger partial charge >= 0.3 is 0 Å². The summed E-state index contributed by atoms with van der Waals surface area (Å²) in [5, 5.41) is 0.602. The van der Waals surface area contributed by atoms with Crippen LogP contribution in [0.1, 0.15) is 32.6 Å². The summed E-state index contributed by atoms with van der Waals surface area (Å²) in [7, 11) is -3.65. The summed E-state index contributed by atoms with van der Waals surface area (Å²) < 4.78 is 28.6. The molecule has 0 aromatic carbocycles. The van der Waals surface area contributed by atoms with E-state index in [9.17, 15) is 8.42 Å². The maximum atomic E-state index is 12.9. The van der Waals surface area contributed by atoms with Crippen molar-refractivity contribution in [2.24, 2.45) is 11.7 Å². The smallest absolute Gasteiger partial charge is 0.243 e. The Morgan fingerprint density at radius 1 is 1.50 bits per heavy atom. The monoisotopic (exact) mass is 322 g/mol. The Kier molecular flexibility index (Phi) is 3.96. The molecule has 2 atom stereocenters. The molecule has 7 heteroatoms. The summed E-state index contributed by atoms with van der Waals surface area (Å²) in [4.78, 5) is 7.29. The normalized spacial score (nSPS) is 26.4. The van der Waals surface area contributed by atoms with Crippen molar-refractivity contribution in [1.29, 1.82) is 0 Å². The molecule has 0 bridgehead atoms. The van der Waals surface area contributed by atoms with Gasteiger partial charge in [-0.05, 0) is 30.9 Å². The number of sulfonamides is 1. The molecule has 0 amide bonds. The highest BCUT2D eigenvalue weighted by atomic mass is 32.2. The average Bonchev–Trinajstić information content (AvgIpc) is 2.94. The highest BCUT2D eigenvalue weighted by molar-refractivity contribution is 7.89. The second kappa shape index (κ2) is 5.64. The molecule has 0 radical (unpaired) electrons. The van der Waals surface area contributed by atoms with E-state index in [1.807, 2.05) is 0 Å². The molecule has 3 rings (SSSR count). The number of nitrogens with zero attached hydrogens (tertiary/aromatic N) is 1. The minimum absolute atomic E-state index is 0.226. The lowest BCUT2D eigenvalue weighted by Crippen LogP contribution is -2.58. The molecule has 4 N–H and O–H groups in total. The number of rotatable bonds is 4. The molecule has 0 aliphatic heterocycles. The Labute approximate surface area is 130 Å². The molecule has 2 aromatic heterocycles. The van der Waals surface area contributed by atoms with E-state index < -0.39 is 15.6 Å². The van der Waals surface area contributed by atoms with Crippen molar-refractivity contribution < 1.29 is 8.42 Å². The van der Waals surface area contributed by atoms with Crippen LogP contribution in [0.3, 0.4) is 0 Å². The van der Waals surface area contributed by atoms with Crippen molar-refractivity contribution in [1.82, 2.24) is 14.7 Å². The van der Waals surface area contributed by atoms with E-state index in [1.54, 1.807) is 18.3 Å². The van der Waals surface area contributed by atoms with Gasteiger partial charge < -0.3 is 10.7 Å². The standard InChI is InChI=1S/C15H22N4O2S/c1-11-5-2-3-7-15(11,10-16)19-22(20,21)13-9-18-14-12(13)6-4-8-17-14/h4,6,8-9,11,19H,2-3,5,7,10,16H2,1H3,(H,17,18). The van der Waals surface area contributed by atoms with Gasteiger partial charge in [0.25, 0.3) is 0 Å². The molecule has 120 valence electrons. The van der Waals surface area contributed by atoms with E-state index in [1.165, 1.54) is 6.20 Å². The summed E-state index contributed by atoms with van der Waals surface area (Å²) in [5.74, 6) is 0.226. The Morgan fingerprint density at radius 3 is 3.05 bits per heavy atom. The summed E-state index contributed by atoms with van der Waals surface area (Å²) in [6.45, 7) is 2.39. The van der Waals surface area contributed by atoms with Gasteiger partial charge in [-0.3, -0.25) is 0 Å². The van der Waals surface area contributed by atoms with Crippen LogP contribution < -0.4 is 10.5 Å². The number of pyridine rings is 1. The van der Waals surface area contributed by atoms with Gasteiger partial charge in [0.1, 0.15) is 10.5 Å². The molecule has 22 heavy (non-hydrogen) atoms. The van der Waals surface area contributed by atoms with Crippen molar-refractivity contribution in [2.45, 2.75) is 43.0 Å². The van der Waals surface area contributed by atoms with Gasteiger partial charge in [-0.25, -0.2) is 18.1 Å². The number of fused-ring (bicyclic) bond motifs is 1. The van der Waals surface area contributed by atoms with Gasteiger partial charge in [0.15, 0.2) is 0 Å². The van der Waals surface area contributed by atoms with Crippen molar-refractivity contribution in [3.63, 3.8) is 0 Å². The first-order valence-corrected chi connectivity index (χ1v) is 9.13. The molecule has 0 saturated heterocycles. The molecule has 2 heterocycles. The van der Waals surface area contributed by atoms with Crippen molar-refractivity contribution in [2.75, 3.05) is 6.54 Å². The maximum absolute atomic E-state index is 12.9. The van der Waals surface area contributed by atoms with Crippen LogP contribution in [-0.4, -0.2) is 30.5 Å². The quantitative estimate of drug-likeness (QED) is 0.798. The van der Waals surface area contributed by atoms with Crippen LogP contribution in [0.4, 0.5) is 0 Å². The number of nitrogens with two attached hydrogens (primary N) is 1. The number of aromatic amines is 1. The molecule has 0 spiro atoms. The fourth-order valence-electron chi connectivity index (χ4n) is 3.39. The number of nitrogens with one attached hydrogen (secondary N) is 2. The summed E-state index contributed by atoms with van der Waals surface area (Å²) in [6, 6.07) is 3.49. The van der Waals surface area contributed by atoms with E-state index in [0.29, 0.717) is 17.6 Å². The van der Waals surface area contributed by atoms with Gasteiger partial charge in [-0.1, -0.05) is 19.8 Å². The zero-order valence-electron chi connectivity index (χ0n) is 12.7. The third kappa shape index (κ3) is 2.53. The van der Waals surface area contributed by atoms with Crippen LogP contribution in [0.2, 0.25) is 0 Å². The third-order valence-electron chi connectivity index (χ3n) is 4.86. The van der Waals surface area contributed by atoms with Crippen molar-refractivity contribution >= 4 is 21.1 Å². The van der Waals surface area contributed by atoms with Crippen LogP contribution in [0, 0.1) is 5.92 Å². The highest BCUT2D eigenvalue weighted by Gasteiger charge is 2.41. The lowest BCUT2D eigenvalue weighted by atomic mass is 9.74. The van der Waals surface area contributed by atoms with E-state index in [4.69, 9.17) is 5.73 Å². The Hall–Kier alpha value is -1.44. The Balaban J connectivity index is 1.99. The molecular formula is C15H22N4O2S. The molecule has 1 aliphatic rings. The molecule has 1 saturated carbocycles. The van der Waals surface area contributed by atoms with Crippen LogP contribution in [-0.2, 0) is 10.0 Å². The summed E-state index contributed by atoms with van der Waals surface area (Å²) in [6.07, 6.45) is 7.03. The predicted octanol–water partition coefficient (Wildman–Crippen LogP) is 1.75. The van der Waals surface area contributed by atoms with Crippen LogP contribution in [0.15, 0.2) is 29.4 Å². The predicted molar refractivity (Wildman–Crippen MR) is 85.8 cm³/mol. The average molecular weight is 322 g/mol. The third-order valence-corrected chi connectivity index (χ3v) is 6.45. The molecule has 1 aliphatic carbocycles. The van der Waals surface area contributed by atoms with Crippen LogP contribution in [0.5, 0.6) is 0 Å². The molecule has 2 aromatic rings. The van der Waals surface area contributed by atoms with Gasteiger partial charge in [-0.15, -0.1) is 0 Å². The van der Waals surface area contributed by atoms with Crippen molar-refractivity contribution in [3.05, 3.63) is 24.5 Å². The second-order valence-corrected chi connectivity index (χ2v) is 7.82. The SMILES string of the molecule is CC1CCCCC1(CN)NS(=O)(=O)c1c[nH]c2ncccc12. The second-order valence-electron chi connectivity index (χ2n) is 6.17. The number of hydrogen-bond acceptors (Lipinski definition) is 4. The Bertz CT molecular complexity index is 771. The van der Waals surface area contributed by atoms with Crippen LogP contribution in [0.25, 0.3) is 11.0 Å². The summed E-state index contributed by atoms with van der Waals surface area (Å²) >= 11 is 0. The highest BCUT2D eigenvalue weighted by Crippen LogP contribution is 2.34. The zero-order chi connectivity index (χ0) is 15.8. The number of hydrogen-bond donors (Lipinski definition) is 3. The van der Waals surface area contributed by atoms with Crippen molar-refractivity contribution in [3.8, 4) is 0 Å². The van der Waals surface area contributed by atoms with E-state index in [2.05, 4.69) is 21.6 Å². The molecule has 6 nitrogen and oxygen atoms in total. The Morgan fingerprint density at radius 2 is 2.32 bits per heavy atom. The number of H-pyrrole nitrogens is 1. The zero-order valence-corrected chi connectivity index (χ0v) is 13.5. The van der Waals surface area contributed by atoms with E-state index in [0.717, 1.165) is 25.7 Å². The largest absolute Gasteiger partial charge is 0.345 e. The lowest BCUT2D eigenvalue weighted by molar-refractivity contribution is 0.191. The van der Waals surface area contributed by atoms with Gasteiger partial charge in [0.05, 0.1) is 0 Å². The fourth-order valence-corrected chi connectivity index (χ4v) is 5.09. The first-order chi connectivity index (χ1) is 10.5. The number of aromatic nitrogens is 2. The topological polar surface area (TPSA) is 101 Å². The fraction of sp³-hybridized carbons (Fsp3) is 0.533. The van der Waals surface area contributed by atoms with Gasteiger partial charge in [0.2, 0.25) is 10.0 Å². The maximum Gasteiger partial charge on any atom is 0.243 e. The summed E-state index contributed by atoms with van der Waals surface area (Å²) in [5.41, 5.74) is 5.97. The van der Waals surface area contributed by atoms with Gasteiger partial charge in [0, 0.05) is 29.9 Å². The molecule has 2 unspecified atom stereocenters. The first kappa shape index (κ1) is 15.5. The minimum Gasteiger partial charge on any atom is -0.345 e. The minimum atomic E-state index is -3.65. The van der Waals surface area contributed by atoms with Gasteiger partial charge in [-0.2, -0.15) is 0 Å². The first-order valence-electron chi connectivity index (χ1n) is 7.65. The molecular weight excluding hydrogens is 300 g/mol.